The molecule has 3 heteroatoms. The van der Waals surface area contributed by atoms with Crippen molar-refractivity contribution in [1.29, 1.82) is 5.26 Å². The van der Waals surface area contributed by atoms with Gasteiger partial charge in [-0.15, -0.1) is 0 Å². The van der Waals surface area contributed by atoms with Gasteiger partial charge in [0, 0.05) is 4.47 Å². The maximum atomic E-state index is 9.05. The summed E-state index contributed by atoms with van der Waals surface area (Å²) in [6.45, 7) is 2.41. The van der Waals surface area contributed by atoms with Gasteiger partial charge in [-0.3, -0.25) is 0 Å². The van der Waals surface area contributed by atoms with Crippen molar-refractivity contribution in [2.75, 3.05) is 0 Å². The lowest BCUT2D eigenvalue weighted by molar-refractivity contribution is 0.305. The van der Waals surface area contributed by atoms with Gasteiger partial charge in [0.05, 0.1) is 5.56 Å². The summed E-state index contributed by atoms with van der Waals surface area (Å²) < 4.78 is 6.70. The van der Waals surface area contributed by atoms with Crippen LogP contribution in [0.3, 0.4) is 0 Å². The molecule has 0 fully saturated rings. The standard InChI is InChI=1S/C15H12BrNO/c1-11-5-6-15(13(7-11)9-17)18-10-12-3-2-4-14(16)8-12/h2-8H,10H2,1H3. The topological polar surface area (TPSA) is 33.0 Å². The van der Waals surface area contributed by atoms with Crippen molar-refractivity contribution in [2.45, 2.75) is 13.5 Å². The average molecular weight is 302 g/mol. The van der Waals surface area contributed by atoms with E-state index in [0.717, 1.165) is 15.6 Å². The molecule has 18 heavy (non-hydrogen) atoms. The molecule has 0 heterocycles. The molecule has 2 rings (SSSR count). The van der Waals surface area contributed by atoms with Crippen LogP contribution in [0.15, 0.2) is 46.9 Å². The molecule has 0 saturated heterocycles. The molecule has 0 radical (unpaired) electrons. The minimum atomic E-state index is 0.456. The first-order chi connectivity index (χ1) is 8.69. The Morgan fingerprint density at radius 2 is 2.06 bits per heavy atom. The Hall–Kier alpha value is -1.79. The normalized spacial score (nSPS) is 9.83. The lowest BCUT2D eigenvalue weighted by Gasteiger charge is -2.08. The van der Waals surface area contributed by atoms with Crippen molar-refractivity contribution < 1.29 is 4.74 Å². The van der Waals surface area contributed by atoms with Gasteiger partial charge in [0.2, 0.25) is 0 Å². The fraction of sp³-hybridized carbons (Fsp3) is 0.133. The first kappa shape index (κ1) is 12.7. The highest BCUT2D eigenvalue weighted by atomic mass is 79.9. The third kappa shape index (κ3) is 3.12. The molecule has 0 aliphatic carbocycles. The summed E-state index contributed by atoms with van der Waals surface area (Å²) in [6.07, 6.45) is 0. The van der Waals surface area contributed by atoms with E-state index in [0.29, 0.717) is 17.9 Å². The summed E-state index contributed by atoms with van der Waals surface area (Å²) in [4.78, 5) is 0. The number of nitriles is 1. The Labute approximate surface area is 115 Å². The van der Waals surface area contributed by atoms with Gasteiger partial charge in [0.25, 0.3) is 0 Å². The number of hydrogen-bond acceptors (Lipinski definition) is 2. The highest BCUT2D eigenvalue weighted by molar-refractivity contribution is 9.10. The van der Waals surface area contributed by atoms with Gasteiger partial charge in [0.15, 0.2) is 0 Å². The van der Waals surface area contributed by atoms with E-state index in [4.69, 9.17) is 10.00 Å². The van der Waals surface area contributed by atoms with Gasteiger partial charge in [-0.25, -0.2) is 0 Å². The number of hydrogen-bond donors (Lipinski definition) is 0. The molecular formula is C15H12BrNO. The molecule has 0 spiro atoms. The van der Waals surface area contributed by atoms with Crippen LogP contribution in [-0.2, 0) is 6.61 Å². The maximum Gasteiger partial charge on any atom is 0.137 e. The second-order valence-corrected chi connectivity index (χ2v) is 4.95. The van der Waals surface area contributed by atoms with Crippen molar-refractivity contribution in [1.82, 2.24) is 0 Å². The third-order valence-electron chi connectivity index (χ3n) is 2.54. The molecule has 0 unspecified atom stereocenters. The molecule has 0 aliphatic rings. The fourth-order valence-corrected chi connectivity index (χ4v) is 2.09. The summed E-state index contributed by atoms with van der Waals surface area (Å²) in [5, 5.41) is 9.05. The number of benzene rings is 2. The van der Waals surface area contributed by atoms with Crippen molar-refractivity contribution in [3.8, 4) is 11.8 Å². The molecule has 2 aromatic carbocycles. The number of ether oxygens (including phenoxy) is 1. The zero-order valence-corrected chi connectivity index (χ0v) is 11.6. The molecule has 0 bridgehead atoms. The number of aryl methyl sites for hydroxylation is 1. The lowest BCUT2D eigenvalue weighted by Crippen LogP contribution is -1.97. The predicted octanol–water partition coefficient (Wildman–Crippen LogP) is 4.21. The van der Waals surface area contributed by atoms with E-state index in [9.17, 15) is 0 Å². The Morgan fingerprint density at radius 1 is 1.22 bits per heavy atom. The largest absolute Gasteiger partial charge is 0.488 e. The molecule has 0 aliphatic heterocycles. The highest BCUT2D eigenvalue weighted by Gasteiger charge is 2.04. The summed E-state index contributed by atoms with van der Waals surface area (Å²) in [7, 11) is 0. The Kier molecular flexibility index (Phi) is 4.01. The van der Waals surface area contributed by atoms with E-state index in [-0.39, 0.29) is 0 Å². The van der Waals surface area contributed by atoms with E-state index in [2.05, 4.69) is 22.0 Å². The van der Waals surface area contributed by atoms with Crippen LogP contribution in [0.25, 0.3) is 0 Å². The average Bonchev–Trinajstić information content (AvgIpc) is 2.37. The smallest absolute Gasteiger partial charge is 0.137 e. The van der Waals surface area contributed by atoms with Crippen LogP contribution in [0, 0.1) is 18.3 Å². The van der Waals surface area contributed by atoms with Crippen molar-refractivity contribution in [2.24, 2.45) is 0 Å². The van der Waals surface area contributed by atoms with Gasteiger partial charge < -0.3 is 4.74 Å². The second-order valence-electron chi connectivity index (χ2n) is 4.03. The molecule has 2 aromatic rings. The molecular weight excluding hydrogens is 290 g/mol. The van der Waals surface area contributed by atoms with Crippen LogP contribution in [0.4, 0.5) is 0 Å². The van der Waals surface area contributed by atoms with Gasteiger partial charge in [-0.2, -0.15) is 5.26 Å². The van der Waals surface area contributed by atoms with E-state index < -0.39 is 0 Å². The zero-order valence-electron chi connectivity index (χ0n) is 9.98. The van der Waals surface area contributed by atoms with Gasteiger partial charge in [-0.05, 0) is 42.3 Å². The summed E-state index contributed by atoms with van der Waals surface area (Å²) in [5.41, 5.74) is 2.69. The Bertz CT molecular complexity index is 602. The monoisotopic (exact) mass is 301 g/mol. The molecule has 90 valence electrons. The van der Waals surface area contributed by atoms with E-state index in [1.54, 1.807) is 0 Å². The van der Waals surface area contributed by atoms with Crippen LogP contribution in [0.1, 0.15) is 16.7 Å². The lowest BCUT2D eigenvalue weighted by atomic mass is 10.1. The fourth-order valence-electron chi connectivity index (χ4n) is 1.64. The summed E-state index contributed by atoms with van der Waals surface area (Å²) >= 11 is 3.42. The minimum absolute atomic E-state index is 0.456. The van der Waals surface area contributed by atoms with Crippen molar-refractivity contribution >= 4 is 15.9 Å². The zero-order chi connectivity index (χ0) is 13.0. The van der Waals surface area contributed by atoms with Gasteiger partial charge >= 0.3 is 0 Å². The van der Waals surface area contributed by atoms with Crippen LogP contribution in [0.2, 0.25) is 0 Å². The second kappa shape index (κ2) is 5.70. The molecule has 0 amide bonds. The number of halogens is 1. The van der Waals surface area contributed by atoms with Gasteiger partial charge in [-0.1, -0.05) is 34.1 Å². The quantitative estimate of drug-likeness (QED) is 0.851. The van der Waals surface area contributed by atoms with Crippen LogP contribution < -0.4 is 4.74 Å². The van der Waals surface area contributed by atoms with Crippen LogP contribution in [0.5, 0.6) is 5.75 Å². The first-order valence-electron chi connectivity index (χ1n) is 5.57. The van der Waals surface area contributed by atoms with E-state index in [1.165, 1.54) is 0 Å². The first-order valence-corrected chi connectivity index (χ1v) is 6.36. The van der Waals surface area contributed by atoms with Crippen LogP contribution in [-0.4, -0.2) is 0 Å². The SMILES string of the molecule is Cc1ccc(OCc2cccc(Br)c2)c(C#N)c1. The summed E-state index contributed by atoms with van der Waals surface area (Å²) in [5.74, 6) is 0.628. The maximum absolute atomic E-state index is 9.05. The predicted molar refractivity (Wildman–Crippen MR) is 74.4 cm³/mol. The van der Waals surface area contributed by atoms with Crippen molar-refractivity contribution in [3.05, 3.63) is 63.6 Å². The summed E-state index contributed by atoms with van der Waals surface area (Å²) in [6, 6.07) is 15.7. The van der Waals surface area contributed by atoms with E-state index in [1.807, 2.05) is 49.4 Å². The number of nitrogens with zero attached hydrogens (tertiary/aromatic N) is 1. The Balaban J connectivity index is 2.14. The highest BCUT2D eigenvalue weighted by Crippen LogP contribution is 2.21. The van der Waals surface area contributed by atoms with E-state index >= 15 is 0 Å². The molecule has 0 saturated carbocycles. The number of rotatable bonds is 3. The van der Waals surface area contributed by atoms with Gasteiger partial charge in [0.1, 0.15) is 18.4 Å². The molecule has 2 nitrogen and oxygen atoms in total. The van der Waals surface area contributed by atoms with Crippen LogP contribution >= 0.6 is 15.9 Å². The van der Waals surface area contributed by atoms with Crippen molar-refractivity contribution in [3.63, 3.8) is 0 Å². The molecule has 0 N–H and O–H groups in total. The minimum Gasteiger partial charge on any atom is -0.488 e. The molecule has 0 atom stereocenters. The Morgan fingerprint density at radius 3 is 2.78 bits per heavy atom. The molecule has 0 aromatic heterocycles. The third-order valence-corrected chi connectivity index (χ3v) is 3.03.